The summed E-state index contributed by atoms with van der Waals surface area (Å²) in [7, 11) is 1.91. The van der Waals surface area contributed by atoms with Crippen molar-refractivity contribution in [3.63, 3.8) is 0 Å². The lowest BCUT2D eigenvalue weighted by atomic mass is 10.0. The summed E-state index contributed by atoms with van der Waals surface area (Å²) in [6.07, 6.45) is 1.21. The molecule has 0 spiro atoms. The van der Waals surface area contributed by atoms with Crippen molar-refractivity contribution in [2.75, 3.05) is 58.7 Å². The molecule has 1 atom stereocenters. The molecular weight excluding hydrogens is 320 g/mol. The number of ether oxygens (including phenoxy) is 1. The van der Waals surface area contributed by atoms with E-state index in [1.807, 2.05) is 7.05 Å². The number of rotatable bonds is 5. The van der Waals surface area contributed by atoms with Crippen LogP contribution in [0.2, 0.25) is 0 Å². The molecule has 2 rings (SSSR count). The molecule has 2 heterocycles. The summed E-state index contributed by atoms with van der Waals surface area (Å²) in [4.78, 5) is 9.55. The molecule has 5 nitrogen and oxygen atoms in total. The first-order chi connectivity index (χ1) is 11.4. The van der Waals surface area contributed by atoms with E-state index >= 15 is 0 Å². The Morgan fingerprint density at radius 3 is 2.54 bits per heavy atom. The quantitative estimate of drug-likeness (QED) is 0.604. The smallest absolute Gasteiger partial charge is 0.193 e. The van der Waals surface area contributed by atoms with Gasteiger partial charge in [0.15, 0.2) is 5.96 Å². The molecule has 1 N–H and O–H groups in total. The van der Waals surface area contributed by atoms with Gasteiger partial charge in [0.2, 0.25) is 0 Å². The highest BCUT2D eigenvalue weighted by Crippen LogP contribution is 2.29. The molecule has 2 aliphatic heterocycles. The Morgan fingerprint density at radius 1 is 1.25 bits per heavy atom. The van der Waals surface area contributed by atoms with E-state index in [0.717, 1.165) is 51.9 Å². The molecule has 0 radical (unpaired) electrons. The molecule has 0 amide bonds. The standard InChI is InChI=1S/C18H36N4OS/c1-15(2)12-16(21-6-9-23-10-7-21)13-20-17(19-5)22-8-11-24-18(3,4)14-22/h15-16H,6-14H2,1-5H3,(H,19,20). The van der Waals surface area contributed by atoms with Crippen molar-refractivity contribution < 1.29 is 4.74 Å². The lowest BCUT2D eigenvalue weighted by Crippen LogP contribution is -2.54. The van der Waals surface area contributed by atoms with Crippen molar-refractivity contribution in [2.24, 2.45) is 10.9 Å². The van der Waals surface area contributed by atoms with Crippen molar-refractivity contribution in [3.05, 3.63) is 0 Å². The highest BCUT2D eigenvalue weighted by atomic mass is 32.2. The van der Waals surface area contributed by atoms with E-state index in [1.54, 1.807) is 0 Å². The summed E-state index contributed by atoms with van der Waals surface area (Å²) >= 11 is 2.06. The first kappa shape index (κ1) is 19.9. The molecule has 1 unspecified atom stereocenters. The zero-order valence-electron chi connectivity index (χ0n) is 16.2. The molecule has 6 heteroatoms. The van der Waals surface area contributed by atoms with Gasteiger partial charge >= 0.3 is 0 Å². The Kier molecular flexibility index (Phi) is 7.69. The largest absolute Gasteiger partial charge is 0.379 e. The lowest BCUT2D eigenvalue weighted by Gasteiger charge is -2.40. The van der Waals surface area contributed by atoms with Crippen LogP contribution in [-0.4, -0.2) is 85.3 Å². The van der Waals surface area contributed by atoms with E-state index in [1.165, 1.54) is 12.2 Å². The van der Waals surface area contributed by atoms with Crippen LogP contribution in [0.25, 0.3) is 0 Å². The fraction of sp³-hybridized carbons (Fsp3) is 0.944. The molecule has 0 aromatic carbocycles. The maximum absolute atomic E-state index is 5.52. The van der Waals surface area contributed by atoms with Crippen LogP contribution in [0, 0.1) is 5.92 Å². The van der Waals surface area contributed by atoms with Crippen LogP contribution in [0.15, 0.2) is 4.99 Å². The van der Waals surface area contributed by atoms with Crippen LogP contribution in [0.5, 0.6) is 0 Å². The molecule has 0 aromatic rings. The fourth-order valence-electron chi connectivity index (χ4n) is 3.59. The van der Waals surface area contributed by atoms with Crippen molar-refractivity contribution in [1.29, 1.82) is 0 Å². The van der Waals surface area contributed by atoms with Crippen LogP contribution in [0.1, 0.15) is 34.1 Å². The summed E-state index contributed by atoms with van der Waals surface area (Å²) in [6, 6.07) is 0.554. The molecule has 0 saturated carbocycles. The van der Waals surface area contributed by atoms with Gasteiger partial charge in [-0.3, -0.25) is 9.89 Å². The highest BCUT2D eigenvalue weighted by molar-refractivity contribution is 8.00. The normalized spacial score (nSPS) is 24.2. The molecule has 140 valence electrons. The predicted molar refractivity (Wildman–Crippen MR) is 105 cm³/mol. The van der Waals surface area contributed by atoms with Gasteiger partial charge in [-0.1, -0.05) is 13.8 Å². The molecule has 0 aliphatic carbocycles. The highest BCUT2D eigenvalue weighted by Gasteiger charge is 2.29. The third kappa shape index (κ3) is 6.12. The Labute approximate surface area is 152 Å². The first-order valence-electron chi connectivity index (χ1n) is 9.32. The second kappa shape index (κ2) is 9.30. The van der Waals surface area contributed by atoms with Crippen LogP contribution in [0.3, 0.4) is 0 Å². The number of thioether (sulfide) groups is 1. The van der Waals surface area contributed by atoms with Crippen molar-refractivity contribution in [2.45, 2.75) is 44.9 Å². The summed E-state index contributed by atoms with van der Waals surface area (Å²) in [5, 5.41) is 3.66. The minimum absolute atomic E-state index is 0.303. The van der Waals surface area contributed by atoms with Crippen molar-refractivity contribution in [3.8, 4) is 0 Å². The minimum atomic E-state index is 0.303. The van der Waals surface area contributed by atoms with Gasteiger partial charge in [-0.05, 0) is 26.2 Å². The Morgan fingerprint density at radius 2 is 1.96 bits per heavy atom. The zero-order valence-corrected chi connectivity index (χ0v) is 17.0. The summed E-state index contributed by atoms with van der Waals surface area (Å²) in [6.45, 7) is 16.2. The number of aliphatic imine (C=N–C) groups is 1. The van der Waals surface area contributed by atoms with E-state index in [0.29, 0.717) is 16.7 Å². The summed E-state index contributed by atoms with van der Waals surface area (Å²) in [5.74, 6) is 2.93. The average Bonchev–Trinajstić information content (AvgIpc) is 2.54. The number of nitrogens with one attached hydrogen (secondary N) is 1. The van der Waals surface area contributed by atoms with Crippen LogP contribution >= 0.6 is 11.8 Å². The van der Waals surface area contributed by atoms with Gasteiger partial charge in [0.1, 0.15) is 0 Å². The Bertz CT molecular complexity index is 408. The predicted octanol–water partition coefficient (Wildman–Crippen LogP) is 2.14. The lowest BCUT2D eigenvalue weighted by molar-refractivity contribution is 0.0131. The first-order valence-corrected chi connectivity index (χ1v) is 10.3. The SMILES string of the molecule is CN=C(NCC(CC(C)C)N1CCOCC1)N1CCSC(C)(C)C1. The van der Waals surface area contributed by atoms with Gasteiger partial charge in [0.05, 0.1) is 13.2 Å². The number of hydrogen-bond acceptors (Lipinski definition) is 4. The zero-order chi connectivity index (χ0) is 17.6. The van der Waals surface area contributed by atoms with Gasteiger partial charge in [0.25, 0.3) is 0 Å². The van der Waals surface area contributed by atoms with Gasteiger partial charge in [-0.2, -0.15) is 11.8 Å². The molecule has 2 saturated heterocycles. The second-order valence-corrected chi connectivity index (χ2v) is 9.69. The van der Waals surface area contributed by atoms with Crippen molar-refractivity contribution in [1.82, 2.24) is 15.1 Å². The number of guanidine groups is 1. The Hall–Kier alpha value is -0.460. The third-order valence-corrected chi connectivity index (χ3v) is 6.04. The topological polar surface area (TPSA) is 40.1 Å². The maximum Gasteiger partial charge on any atom is 0.193 e. The van der Waals surface area contributed by atoms with Gasteiger partial charge in [-0.15, -0.1) is 0 Å². The van der Waals surface area contributed by atoms with E-state index in [2.05, 4.69) is 59.6 Å². The number of nitrogens with zero attached hydrogens (tertiary/aromatic N) is 3. The molecule has 0 bridgehead atoms. The van der Waals surface area contributed by atoms with Crippen LogP contribution in [0.4, 0.5) is 0 Å². The maximum atomic E-state index is 5.52. The van der Waals surface area contributed by atoms with E-state index < -0.39 is 0 Å². The van der Waals surface area contributed by atoms with E-state index in [-0.39, 0.29) is 0 Å². The molecular formula is C18H36N4OS. The van der Waals surface area contributed by atoms with Gasteiger partial charge in [-0.25, -0.2) is 0 Å². The second-order valence-electron chi connectivity index (χ2n) is 7.89. The van der Waals surface area contributed by atoms with Crippen LogP contribution in [-0.2, 0) is 4.74 Å². The van der Waals surface area contributed by atoms with Gasteiger partial charge < -0.3 is 15.0 Å². The Balaban J connectivity index is 1.92. The number of morpholine rings is 1. The monoisotopic (exact) mass is 356 g/mol. The minimum Gasteiger partial charge on any atom is -0.379 e. The summed E-state index contributed by atoms with van der Waals surface area (Å²) < 4.78 is 5.83. The van der Waals surface area contributed by atoms with Crippen LogP contribution < -0.4 is 5.32 Å². The third-order valence-electron chi connectivity index (χ3n) is 4.74. The van der Waals surface area contributed by atoms with E-state index in [9.17, 15) is 0 Å². The summed E-state index contributed by atoms with van der Waals surface area (Å²) in [5.41, 5.74) is 0. The molecule has 0 aromatic heterocycles. The molecule has 2 fully saturated rings. The number of hydrogen-bond donors (Lipinski definition) is 1. The van der Waals surface area contributed by atoms with Gasteiger partial charge in [0, 0.05) is 56.3 Å². The van der Waals surface area contributed by atoms with E-state index in [4.69, 9.17) is 4.74 Å². The molecule has 24 heavy (non-hydrogen) atoms. The fourth-order valence-corrected chi connectivity index (χ4v) is 4.70. The van der Waals surface area contributed by atoms with Crippen molar-refractivity contribution >= 4 is 17.7 Å². The average molecular weight is 357 g/mol. The molecule has 2 aliphatic rings.